The number of nitrogens with one attached hydrogen (secondary N) is 2. The van der Waals surface area contributed by atoms with Crippen LogP contribution in [0.2, 0.25) is 0 Å². The highest BCUT2D eigenvalue weighted by Gasteiger charge is 2.55. The molecule has 0 aliphatic carbocycles. The van der Waals surface area contributed by atoms with Gasteiger partial charge < -0.3 is 14.4 Å². The number of aryl methyl sites for hydroxylation is 2. The summed E-state index contributed by atoms with van der Waals surface area (Å²) in [6.07, 6.45) is 1.63. The highest BCUT2D eigenvalue weighted by molar-refractivity contribution is 5.86. The first-order valence-electron chi connectivity index (χ1n) is 10.2. The van der Waals surface area contributed by atoms with Crippen molar-refractivity contribution in [1.82, 2.24) is 15.8 Å². The molecule has 4 atom stereocenters. The second-order valence-electron chi connectivity index (χ2n) is 8.22. The Balaban J connectivity index is 1.59. The third-order valence-electron chi connectivity index (χ3n) is 6.44. The number of amides is 1. The largest absolute Gasteiger partial charge is 0.508 e. The molecule has 3 aromatic rings. The molecule has 6 nitrogen and oxygen atoms in total. The van der Waals surface area contributed by atoms with Crippen LogP contribution in [0.25, 0.3) is 0 Å². The summed E-state index contributed by atoms with van der Waals surface area (Å²) in [5, 5.41) is 10.7. The SMILES string of the molecule is Cc1cc(O)c(C2NNC3C(=O)N(Cc4ccco4)C(c4ccccc4)C32)cc1C. The quantitative estimate of drug-likeness (QED) is 0.621. The number of carbonyl (C=O) groups excluding carboxylic acids is 1. The van der Waals surface area contributed by atoms with E-state index in [1.165, 1.54) is 0 Å². The molecular formula is C24H25N3O3. The number of phenolic OH excluding ortho intramolecular Hbond substituents is 1. The molecule has 2 aliphatic heterocycles. The van der Waals surface area contributed by atoms with Gasteiger partial charge in [0.2, 0.25) is 5.91 Å². The number of aromatic hydroxyl groups is 1. The lowest BCUT2D eigenvalue weighted by atomic mass is 9.82. The predicted octanol–water partition coefficient (Wildman–Crippen LogP) is 3.52. The fourth-order valence-corrected chi connectivity index (χ4v) is 4.84. The number of hydrogen-bond donors (Lipinski definition) is 3. The number of hydrazine groups is 1. The van der Waals surface area contributed by atoms with Crippen LogP contribution in [0.1, 0.15) is 40.1 Å². The molecule has 2 fully saturated rings. The van der Waals surface area contributed by atoms with Crippen molar-refractivity contribution >= 4 is 5.91 Å². The summed E-state index contributed by atoms with van der Waals surface area (Å²) in [6.45, 7) is 4.43. The van der Waals surface area contributed by atoms with Crippen LogP contribution in [0.3, 0.4) is 0 Å². The van der Waals surface area contributed by atoms with E-state index in [1.54, 1.807) is 12.3 Å². The third kappa shape index (κ3) is 3.00. The first-order chi connectivity index (χ1) is 14.5. The molecule has 5 rings (SSSR count). The Morgan fingerprint density at radius 1 is 1.00 bits per heavy atom. The van der Waals surface area contributed by atoms with Crippen LogP contribution in [-0.2, 0) is 11.3 Å². The molecule has 1 aromatic heterocycles. The Bertz CT molecular complexity index is 1060. The number of nitrogens with zero attached hydrogens (tertiary/aromatic N) is 1. The summed E-state index contributed by atoms with van der Waals surface area (Å²) in [6, 6.07) is 16.9. The highest BCUT2D eigenvalue weighted by Crippen LogP contribution is 2.49. The van der Waals surface area contributed by atoms with Crippen LogP contribution in [-0.4, -0.2) is 22.0 Å². The van der Waals surface area contributed by atoms with E-state index >= 15 is 0 Å². The van der Waals surface area contributed by atoms with E-state index in [2.05, 4.69) is 23.0 Å². The fraction of sp³-hybridized carbons (Fsp3) is 0.292. The summed E-state index contributed by atoms with van der Waals surface area (Å²) in [7, 11) is 0. The topological polar surface area (TPSA) is 77.7 Å². The molecular weight excluding hydrogens is 378 g/mol. The maximum absolute atomic E-state index is 13.4. The number of carbonyl (C=O) groups is 1. The van der Waals surface area contributed by atoms with E-state index in [0.717, 1.165) is 28.0 Å². The smallest absolute Gasteiger partial charge is 0.242 e. The van der Waals surface area contributed by atoms with Crippen molar-refractivity contribution in [2.45, 2.75) is 38.5 Å². The zero-order chi connectivity index (χ0) is 20.8. The van der Waals surface area contributed by atoms with Crippen molar-refractivity contribution in [3.8, 4) is 5.75 Å². The van der Waals surface area contributed by atoms with Gasteiger partial charge in [-0.05, 0) is 48.7 Å². The number of hydrogen-bond acceptors (Lipinski definition) is 5. The minimum Gasteiger partial charge on any atom is -0.508 e. The lowest BCUT2D eigenvalue weighted by Crippen LogP contribution is -2.41. The van der Waals surface area contributed by atoms with Gasteiger partial charge in [-0.3, -0.25) is 4.79 Å². The summed E-state index contributed by atoms with van der Waals surface area (Å²) in [5.41, 5.74) is 10.5. The first-order valence-corrected chi connectivity index (χ1v) is 10.2. The minimum absolute atomic E-state index is 0.0311. The van der Waals surface area contributed by atoms with Crippen LogP contribution in [0.15, 0.2) is 65.3 Å². The van der Waals surface area contributed by atoms with E-state index in [4.69, 9.17) is 4.42 Å². The summed E-state index contributed by atoms with van der Waals surface area (Å²) in [4.78, 5) is 15.3. The zero-order valence-electron chi connectivity index (χ0n) is 17.0. The number of furan rings is 1. The number of likely N-dealkylation sites (tertiary alicyclic amines) is 1. The van der Waals surface area contributed by atoms with E-state index < -0.39 is 0 Å². The van der Waals surface area contributed by atoms with Gasteiger partial charge in [-0.1, -0.05) is 36.4 Å². The van der Waals surface area contributed by atoms with Crippen LogP contribution < -0.4 is 10.9 Å². The molecule has 4 unspecified atom stereocenters. The average Bonchev–Trinajstić information content (AvgIpc) is 3.46. The maximum Gasteiger partial charge on any atom is 0.242 e. The Kier molecular flexibility index (Phi) is 4.60. The van der Waals surface area contributed by atoms with Crippen LogP contribution in [0.5, 0.6) is 5.75 Å². The Labute approximate surface area is 175 Å². The fourth-order valence-electron chi connectivity index (χ4n) is 4.84. The second kappa shape index (κ2) is 7.31. The van der Waals surface area contributed by atoms with Crippen LogP contribution in [0, 0.1) is 19.8 Å². The van der Waals surface area contributed by atoms with Gasteiger partial charge in [-0.2, -0.15) is 0 Å². The van der Waals surface area contributed by atoms with E-state index in [1.807, 2.05) is 55.1 Å². The van der Waals surface area contributed by atoms with E-state index in [0.29, 0.717) is 6.54 Å². The second-order valence-corrected chi connectivity index (χ2v) is 8.22. The number of benzene rings is 2. The standard InChI is InChI=1S/C24H25N3O3/c1-14-11-18(19(28)12-15(14)2)21-20-22(26-25-21)24(29)27(13-17-9-6-10-30-17)23(20)16-7-4-3-5-8-16/h3-12,20-23,25-26,28H,13H2,1-2H3. The van der Waals surface area contributed by atoms with Crippen molar-refractivity contribution < 1.29 is 14.3 Å². The summed E-state index contributed by atoms with van der Waals surface area (Å²) >= 11 is 0. The lowest BCUT2D eigenvalue weighted by Gasteiger charge is -2.31. The number of rotatable bonds is 4. The predicted molar refractivity (Wildman–Crippen MR) is 112 cm³/mol. The molecule has 2 aliphatic rings. The van der Waals surface area contributed by atoms with Gasteiger partial charge in [0.15, 0.2) is 0 Å². The van der Waals surface area contributed by atoms with Gasteiger partial charge in [0.1, 0.15) is 17.6 Å². The van der Waals surface area contributed by atoms with Gasteiger partial charge in [0, 0.05) is 11.5 Å². The molecule has 3 N–H and O–H groups in total. The van der Waals surface area contributed by atoms with Gasteiger partial charge in [0.05, 0.1) is 24.9 Å². The van der Waals surface area contributed by atoms with Gasteiger partial charge in [0.25, 0.3) is 0 Å². The molecule has 3 heterocycles. The molecule has 0 saturated carbocycles. The van der Waals surface area contributed by atoms with Crippen molar-refractivity contribution in [2.24, 2.45) is 5.92 Å². The zero-order valence-corrected chi connectivity index (χ0v) is 17.0. The van der Waals surface area contributed by atoms with Crippen molar-refractivity contribution in [3.63, 3.8) is 0 Å². The lowest BCUT2D eigenvalue weighted by molar-refractivity contribution is -0.131. The number of phenols is 1. The molecule has 30 heavy (non-hydrogen) atoms. The van der Waals surface area contributed by atoms with E-state index in [-0.39, 0.29) is 35.7 Å². The molecule has 0 radical (unpaired) electrons. The first kappa shape index (κ1) is 18.9. The van der Waals surface area contributed by atoms with Gasteiger partial charge in [-0.15, -0.1) is 0 Å². The van der Waals surface area contributed by atoms with Gasteiger partial charge >= 0.3 is 0 Å². The van der Waals surface area contributed by atoms with Crippen LogP contribution in [0.4, 0.5) is 0 Å². The van der Waals surface area contributed by atoms with E-state index in [9.17, 15) is 9.90 Å². The van der Waals surface area contributed by atoms with Crippen molar-refractivity contribution in [1.29, 1.82) is 0 Å². The van der Waals surface area contributed by atoms with Crippen LogP contribution >= 0.6 is 0 Å². The molecule has 154 valence electrons. The Morgan fingerprint density at radius 2 is 1.73 bits per heavy atom. The number of fused-ring (bicyclic) bond motifs is 1. The summed E-state index contributed by atoms with van der Waals surface area (Å²) < 4.78 is 5.54. The molecule has 0 spiro atoms. The highest BCUT2D eigenvalue weighted by atomic mass is 16.3. The minimum atomic E-state index is -0.379. The molecule has 2 aromatic carbocycles. The Morgan fingerprint density at radius 3 is 2.47 bits per heavy atom. The van der Waals surface area contributed by atoms with Gasteiger partial charge in [-0.25, -0.2) is 10.9 Å². The average molecular weight is 403 g/mol. The molecule has 1 amide bonds. The Hall–Kier alpha value is -3.09. The summed E-state index contributed by atoms with van der Waals surface area (Å²) in [5.74, 6) is 0.955. The third-order valence-corrected chi connectivity index (χ3v) is 6.44. The molecule has 2 saturated heterocycles. The van der Waals surface area contributed by atoms with Crippen molar-refractivity contribution in [2.75, 3.05) is 0 Å². The monoisotopic (exact) mass is 403 g/mol. The molecule has 6 heteroatoms. The molecule has 0 bridgehead atoms. The normalized spacial score (nSPS) is 25.7. The maximum atomic E-state index is 13.4. The van der Waals surface area contributed by atoms with Crippen molar-refractivity contribution in [3.05, 3.63) is 88.9 Å².